The first-order chi connectivity index (χ1) is 29.4. The van der Waals surface area contributed by atoms with Crippen molar-refractivity contribution < 1.29 is 37.1 Å². The molecule has 4 amide bonds. The van der Waals surface area contributed by atoms with Gasteiger partial charge in [-0.3, -0.25) is 19.1 Å². The number of nitrogens with one attached hydrogen (secondary N) is 3. The molecule has 3 N–H and O–H groups in total. The maximum Gasteiger partial charge on any atom is 0.408 e. The number of alkyl carbamates (subject to hydrolysis) is 1. The molecule has 0 radical (unpaired) electrons. The Morgan fingerprint density at radius 2 is 1.74 bits per heavy atom. The Morgan fingerprint density at radius 1 is 1.00 bits per heavy atom. The summed E-state index contributed by atoms with van der Waals surface area (Å²) in [4.78, 5) is 72.7. The molecule has 17 heteroatoms. The highest BCUT2D eigenvalue weighted by molar-refractivity contribution is 7.91. The normalized spacial score (nSPS) is 27.5. The van der Waals surface area contributed by atoms with E-state index >= 15 is 0 Å². The first-order valence-electron chi connectivity index (χ1n) is 22.2. The zero-order chi connectivity index (χ0) is 44.0. The van der Waals surface area contributed by atoms with Crippen LogP contribution in [0.2, 0.25) is 0 Å². The molecule has 4 heterocycles. The number of thiazole rings is 1. The summed E-state index contributed by atoms with van der Waals surface area (Å²) in [7, 11) is -4.00. The number of para-hydroxylation sites is 1. The van der Waals surface area contributed by atoms with Crippen LogP contribution in [0.5, 0.6) is 5.88 Å². The third-order valence-electron chi connectivity index (χ3n) is 13.0. The van der Waals surface area contributed by atoms with E-state index in [1.54, 1.807) is 46.0 Å². The van der Waals surface area contributed by atoms with Crippen molar-refractivity contribution in [2.24, 2.45) is 5.92 Å². The van der Waals surface area contributed by atoms with Crippen LogP contribution in [0.3, 0.4) is 0 Å². The van der Waals surface area contributed by atoms with Gasteiger partial charge in [-0.1, -0.05) is 50.3 Å². The van der Waals surface area contributed by atoms with Gasteiger partial charge < -0.3 is 25.0 Å². The van der Waals surface area contributed by atoms with Crippen LogP contribution in [0.25, 0.3) is 21.6 Å². The number of hydrogen-bond donors (Lipinski definition) is 3. The topological polar surface area (TPSA) is 199 Å². The Labute approximate surface area is 367 Å². The lowest BCUT2D eigenvalue weighted by molar-refractivity contribution is -0.141. The highest BCUT2D eigenvalue weighted by Gasteiger charge is 2.63. The van der Waals surface area contributed by atoms with Crippen molar-refractivity contribution >= 4 is 56.2 Å². The van der Waals surface area contributed by atoms with Crippen LogP contribution < -0.4 is 20.1 Å². The van der Waals surface area contributed by atoms with E-state index < -0.39 is 73.8 Å². The van der Waals surface area contributed by atoms with Gasteiger partial charge in [0.25, 0.3) is 5.91 Å². The highest BCUT2D eigenvalue weighted by atomic mass is 32.2. The van der Waals surface area contributed by atoms with Crippen LogP contribution in [0, 0.1) is 12.8 Å². The monoisotopic (exact) mass is 889 g/mol. The first kappa shape index (κ1) is 44.0. The molecule has 8 rings (SSSR count). The second-order valence-corrected chi connectivity index (χ2v) is 22.2. The molecule has 4 fully saturated rings. The lowest BCUT2D eigenvalue weighted by atomic mass is 9.87. The van der Waals surface area contributed by atoms with Crippen molar-refractivity contribution in [3.05, 3.63) is 47.1 Å². The van der Waals surface area contributed by atoms with E-state index in [2.05, 4.69) is 20.7 Å². The molecular formula is C45H59N7O8S2. The molecule has 0 unspecified atom stereocenters. The number of allylic oxidation sites excluding steroid dienone is 1. The van der Waals surface area contributed by atoms with E-state index in [-0.39, 0.29) is 25.3 Å². The molecule has 0 bridgehead atoms. The predicted octanol–water partition coefficient (Wildman–Crippen LogP) is 6.74. The standard InChI is InChI=1S/C45H59N7O8S2/c1-27-38(49-36-31(18-14-20-32(36)46-27)39-47-34(26-61-39)28-15-10-9-11-16-28)59-30-23-35-37(53)50-45(41(55)51-62(57,58)44(5)21-22-44)24-29(45)17-12-7-6-8-13-19-33(40(54)52(35)25-30)48-42(56)60-43(2,3)4/h12,14,17-18,20,26,28-30,33,35H,6-11,13,15-16,19,21-25H2,1-5H3,(H,48,56)(H,50,53)(H,51,55)/b17-12-/t29-,30-,33+,35+,45-/m1/s1. The lowest BCUT2D eigenvalue weighted by Crippen LogP contribution is -2.58. The Bertz CT molecular complexity index is 2370. The van der Waals surface area contributed by atoms with Crippen LogP contribution in [0.4, 0.5) is 4.79 Å². The van der Waals surface area contributed by atoms with Gasteiger partial charge in [-0.2, -0.15) is 0 Å². The number of benzene rings is 1. The second-order valence-electron chi connectivity index (χ2n) is 19.1. The van der Waals surface area contributed by atoms with Gasteiger partial charge in [0, 0.05) is 29.2 Å². The van der Waals surface area contributed by atoms with Crippen LogP contribution in [0.15, 0.2) is 35.7 Å². The second kappa shape index (κ2) is 17.1. The number of carbonyl (C=O) groups is 4. The number of carbonyl (C=O) groups excluding carboxylic acids is 4. The van der Waals surface area contributed by atoms with Crippen LogP contribution in [-0.4, -0.2) is 92.7 Å². The summed E-state index contributed by atoms with van der Waals surface area (Å²) in [6.07, 6.45) is 12.6. The predicted molar refractivity (Wildman–Crippen MR) is 235 cm³/mol. The van der Waals surface area contributed by atoms with Crippen LogP contribution in [0.1, 0.15) is 135 Å². The number of aromatic nitrogens is 3. The quantitative estimate of drug-likeness (QED) is 0.202. The number of hydrogen-bond acceptors (Lipinski definition) is 12. The molecular weight excluding hydrogens is 831 g/mol. The molecule has 62 heavy (non-hydrogen) atoms. The average Bonchev–Trinajstić information content (AvgIpc) is 3.99. The maximum atomic E-state index is 14.7. The molecule has 334 valence electrons. The van der Waals surface area contributed by atoms with Crippen LogP contribution in [-0.2, 0) is 29.1 Å². The van der Waals surface area contributed by atoms with Crippen molar-refractivity contribution in [2.75, 3.05) is 6.54 Å². The third-order valence-corrected chi connectivity index (χ3v) is 16.1. The minimum Gasteiger partial charge on any atom is -0.471 e. The molecule has 3 saturated carbocycles. The Kier molecular flexibility index (Phi) is 12.2. The van der Waals surface area contributed by atoms with E-state index in [0.29, 0.717) is 54.7 Å². The maximum absolute atomic E-state index is 14.7. The number of sulfonamides is 1. The smallest absolute Gasteiger partial charge is 0.408 e. The average molecular weight is 890 g/mol. The van der Waals surface area contributed by atoms with Crippen molar-refractivity contribution in [1.29, 1.82) is 0 Å². The fraction of sp³-hybridized carbons (Fsp3) is 0.622. The van der Waals surface area contributed by atoms with Crippen LogP contribution >= 0.6 is 11.3 Å². The molecule has 3 aromatic rings. The SMILES string of the molecule is Cc1nc2cccc(-c3nc(C4CCCCC4)cs3)c2nc1O[C@@H]1C[C@H]2C(=O)N[C@]3(C(=O)NS(=O)(=O)C4(C)CC4)C[C@H]3/C=C\CCCCC[C@H](NC(=O)OC(C)(C)C)C(=O)N2C1. The first-order valence-corrected chi connectivity index (χ1v) is 24.6. The summed E-state index contributed by atoms with van der Waals surface area (Å²) in [5.41, 5.74) is 1.43. The Hall–Kier alpha value is -4.64. The summed E-state index contributed by atoms with van der Waals surface area (Å²) in [6, 6.07) is 3.67. The van der Waals surface area contributed by atoms with Crippen molar-refractivity contribution in [3.63, 3.8) is 0 Å². The van der Waals surface area contributed by atoms with Gasteiger partial charge in [0.15, 0.2) is 0 Å². The molecule has 0 spiro atoms. The summed E-state index contributed by atoms with van der Waals surface area (Å²) in [5, 5.41) is 8.69. The molecule has 5 aliphatic rings. The number of fused-ring (bicyclic) bond motifs is 3. The molecule has 2 aliphatic heterocycles. The number of aryl methyl sites for hydroxylation is 1. The van der Waals surface area contributed by atoms with E-state index in [4.69, 9.17) is 24.4 Å². The van der Waals surface area contributed by atoms with E-state index in [9.17, 15) is 27.6 Å². The summed E-state index contributed by atoms with van der Waals surface area (Å²) in [5.74, 6) is -1.66. The number of amides is 4. The van der Waals surface area contributed by atoms with Crippen molar-refractivity contribution in [1.82, 2.24) is 35.2 Å². The van der Waals surface area contributed by atoms with Gasteiger partial charge in [-0.15, -0.1) is 11.3 Å². The highest BCUT2D eigenvalue weighted by Crippen LogP contribution is 2.48. The Balaban J connectivity index is 1.09. The molecule has 1 aromatic carbocycles. The number of nitrogens with zero attached hydrogens (tertiary/aromatic N) is 4. The minimum atomic E-state index is -4.00. The zero-order valence-electron chi connectivity index (χ0n) is 36.3. The summed E-state index contributed by atoms with van der Waals surface area (Å²) in [6.45, 7) is 8.57. The zero-order valence-corrected chi connectivity index (χ0v) is 38.0. The number of rotatable bonds is 8. The van der Waals surface area contributed by atoms with E-state index in [0.717, 1.165) is 41.9 Å². The van der Waals surface area contributed by atoms with Gasteiger partial charge in [0.2, 0.25) is 27.7 Å². The molecule has 15 nitrogen and oxygen atoms in total. The number of ether oxygens (including phenoxy) is 2. The third kappa shape index (κ3) is 9.34. The fourth-order valence-electron chi connectivity index (χ4n) is 8.98. The van der Waals surface area contributed by atoms with Gasteiger partial charge in [-0.05, 0) is 98.1 Å². The van der Waals surface area contributed by atoms with Gasteiger partial charge >= 0.3 is 6.09 Å². The molecule has 1 saturated heterocycles. The van der Waals surface area contributed by atoms with Crippen molar-refractivity contribution in [3.8, 4) is 16.5 Å². The molecule has 3 aliphatic carbocycles. The van der Waals surface area contributed by atoms with Gasteiger partial charge in [0.05, 0.1) is 22.5 Å². The summed E-state index contributed by atoms with van der Waals surface area (Å²) >= 11 is 1.59. The summed E-state index contributed by atoms with van der Waals surface area (Å²) < 4.78 is 39.9. The van der Waals surface area contributed by atoms with E-state index in [1.807, 2.05) is 30.4 Å². The molecule has 5 atom stereocenters. The minimum absolute atomic E-state index is 0.0310. The van der Waals surface area contributed by atoms with Gasteiger partial charge in [0.1, 0.15) is 45.5 Å². The lowest BCUT2D eigenvalue weighted by Gasteiger charge is -2.30. The van der Waals surface area contributed by atoms with Gasteiger partial charge in [-0.25, -0.2) is 28.2 Å². The van der Waals surface area contributed by atoms with E-state index in [1.165, 1.54) is 24.2 Å². The fourth-order valence-corrected chi connectivity index (χ4v) is 11.2. The van der Waals surface area contributed by atoms with Crippen molar-refractivity contribution in [2.45, 2.75) is 165 Å². The molecule has 2 aromatic heterocycles. The largest absolute Gasteiger partial charge is 0.471 e. The Morgan fingerprint density at radius 3 is 2.48 bits per heavy atom.